The van der Waals surface area contributed by atoms with Gasteiger partial charge in [0.25, 0.3) is 0 Å². The molecule has 1 saturated heterocycles. The summed E-state index contributed by atoms with van der Waals surface area (Å²) in [6.07, 6.45) is 4.97. The summed E-state index contributed by atoms with van der Waals surface area (Å²) < 4.78 is 15.2. The molecule has 2 aliphatic rings. The van der Waals surface area contributed by atoms with E-state index in [0.717, 1.165) is 13.1 Å². The van der Waals surface area contributed by atoms with Crippen LogP contribution in [0.5, 0.6) is 0 Å². The third-order valence-corrected chi connectivity index (χ3v) is 5.52. The first kappa shape index (κ1) is 12.5. The zero-order valence-electron chi connectivity index (χ0n) is 10.6. The van der Waals surface area contributed by atoms with Crippen LogP contribution in [-0.4, -0.2) is 28.1 Å². The van der Waals surface area contributed by atoms with E-state index in [1.807, 2.05) is 20.8 Å². The van der Waals surface area contributed by atoms with Gasteiger partial charge in [-0.05, 0) is 58.4 Å². The molecule has 3 unspecified atom stereocenters. The summed E-state index contributed by atoms with van der Waals surface area (Å²) >= 11 is 0. The van der Waals surface area contributed by atoms with Crippen LogP contribution >= 0.6 is 0 Å². The zero-order valence-corrected chi connectivity index (χ0v) is 11.5. The van der Waals surface area contributed by atoms with Gasteiger partial charge in [0.15, 0.2) is 0 Å². The zero-order chi connectivity index (χ0) is 11.8. The lowest BCUT2D eigenvalue weighted by Gasteiger charge is -2.24. The first-order valence-corrected chi connectivity index (χ1v) is 7.45. The summed E-state index contributed by atoms with van der Waals surface area (Å²) in [7, 11) is -0.914. The fourth-order valence-corrected chi connectivity index (χ4v) is 3.68. The highest BCUT2D eigenvalue weighted by Gasteiger charge is 2.41. The van der Waals surface area contributed by atoms with E-state index in [4.69, 9.17) is 0 Å². The Labute approximate surface area is 101 Å². The molecule has 1 saturated carbocycles. The van der Waals surface area contributed by atoms with E-state index in [-0.39, 0.29) is 4.75 Å². The lowest BCUT2D eigenvalue weighted by Crippen LogP contribution is -2.39. The quantitative estimate of drug-likeness (QED) is 0.774. The number of hydrogen-bond acceptors (Lipinski definition) is 2. The van der Waals surface area contributed by atoms with Crippen molar-refractivity contribution in [1.29, 1.82) is 0 Å². The molecule has 0 aromatic rings. The van der Waals surface area contributed by atoms with Gasteiger partial charge in [0.05, 0.1) is 15.7 Å². The van der Waals surface area contributed by atoms with E-state index in [1.165, 1.54) is 25.7 Å². The molecule has 3 nitrogen and oxygen atoms in total. The second-order valence-electron chi connectivity index (χ2n) is 6.37. The van der Waals surface area contributed by atoms with Crippen LogP contribution in [-0.2, 0) is 11.0 Å². The summed E-state index contributed by atoms with van der Waals surface area (Å²) in [6, 6.07) is 0.458. The first-order valence-electron chi connectivity index (χ1n) is 6.30. The second kappa shape index (κ2) is 4.39. The van der Waals surface area contributed by atoms with Crippen molar-refractivity contribution in [1.82, 2.24) is 10.0 Å². The molecule has 0 aromatic heterocycles. The highest BCUT2D eigenvalue weighted by Crippen LogP contribution is 2.42. The highest BCUT2D eigenvalue weighted by atomic mass is 32.2. The molecule has 3 atom stereocenters. The summed E-state index contributed by atoms with van der Waals surface area (Å²) in [5.74, 6) is 0. The van der Waals surface area contributed by atoms with Gasteiger partial charge in [0, 0.05) is 12.6 Å². The topological polar surface area (TPSA) is 41.1 Å². The van der Waals surface area contributed by atoms with Crippen LogP contribution in [0.2, 0.25) is 0 Å². The Morgan fingerprint density at radius 1 is 1.38 bits per heavy atom. The Hall–Kier alpha value is 0.0700. The van der Waals surface area contributed by atoms with Crippen LogP contribution < -0.4 is 10.0 Å². The minimum Gasteiger partial charge on any atom is -0.316 e. The molecule has 2 N–H and O–H groups in total. The Morgan fingerprint density at radius 3 is 2.69 bits per heavy atom. The maximum atomic E-state index is 12.0. The van der Waals surface area contributed by atoms with Gasteiger partial charge in [-0.1, -0.05) is 0 Å². The maximum absolute atomic E-state index is 12.0. The summed E-state index contributed by atoms with van der Waals surface area (Å²) in [4.78, 5) is 0. The first-order chi connectivity index (χ1) is 7.41. The van der Waals surface area contributed by atoms with E-state index in [9.17, 15) is 4.21 Å². The normalized spacial score (nSPS) is 37.1. The molecule has 94 valence electrons. The lowest BCUT2D eigenvalue weighted by atomic mass is 9.85. The lowest BCUT2D eigenvalue weighted by molar-refractivity contribution is 0.329. The molecule has 0 aromatic carbocycles. The molecule has 0 radical (unpaired) electrons. The molecular formula is C12H24N2OS. The van der Waals surface area contributed by atoms with E-state index >= 15 is 0 Å². The third kappa shape index (κ3) is 2.66. The van der Waals surface area contributed by atoms with Gasteiger partial charge >= 0.3 is 0 Å². The molecule has 1 spiro atoms. The fraction of sp³-hybridized carbons (Fsp3) is 1.00. The highest BCUT2D eigenvalue weighted by molar-refractivity contribution is 7.84. The Morgan fingerprint density at radius 2 is 2.12 bits per heavy atom. The summed E-state index contributed by atoms with van der Waals surface area (Å²) in [5.41, 5.74) is 0.514. The van der Waals surface area contributed by atoms with Crippen LogP contribution in [0.1, 0.15) is 46.5 Å². The summed E-state index contributed by atoms with van der Waals surface area (Å²) in [5, 5.41) is 3.46. The van der Waals surface area contributed by atoms with E-state index in [2.05, 4.69) is 10.0 Å². The molecule has 16 heavy (non-hydrogen) atoms. The molecule has 1 aliphatic carbocycles. The molecule has 2 rings (SSSR count). The van der Waals surface area contributed by atoms with Crippen molar-refractivity contribution in [2.75, 3.05) is 13.1 Å². The largest absolute Gasteiger partial charge is 0.316 e. The molecule has 0 bridgehead atoms. The van der Waals surface area contributed by atoms with E-state index < -0.39 is 11.0 Å². The molecule has 2 fully saturated rings. The fourth-order valence-electron chi connectivity index (χ4n) is 2.82. The predicted octanol–water partition coefficient (Wildman–Crippen LogP) is 1.57. The third-order valence-electron chi connectivity index (χ3n) is 3.86. The van der Waals surface area contributed by atoms with Crippen molar-refractivity contribution >= 4 is 11.0 Å². The van der Waals surface area contributed by atoms with E-state index in [0.29, 0.717) is 11.5 Å². The SMILES string of the molecule is CC(C)(C)S(=O)NC1CCC2(CCNC2)C1. The van der Waals surface area contributed by atoms with Gasteiger partial charge in [0.1, 0.15) is 0 Å². The smallest absolute Gasteiger partial charge is 0.0972 e. The maximum Gasteiger partial charge on any atom is 0.0972 e. The molecule has 0 amide bonds. The Bertz CT molecular complexity index is 279. The molecule has 1 aliphatic heterocycles. The van der Waals surface area contributed by atoms with Crippen molar-refractivity contribution in [2.45, 2.75) is 57.2 Å². The van der Waals surface area contributed by atoms with Crippen LogP contribution in [0.4, 0.5) is 0 Å². The van der Waals surface area contributed by atoms with E-state index in [1.54, 1.807) is 0 Å². The molecule has 4 heteroatoms. The standard InChI is InChI=1S/C12H24N2OS/c1-11(2,3)16(15)14-10-4-5-12(8-10)6-7-13-9-12/h10,13-14H,4-9H2,1-3H3. The van der Waals surface area contributed by atoms with Gasteiger partial charge in [-0.15, -0.1) is 0 Å². The monoisotopic (exact) mass is 244 g/mol. The minimum atomic E-state index is -0.914. The predicted molar refractivity (Wildman–Crippen MR) is 68.6 cm³/mol. The van der Waals surface area contributed by atoms with Crippen molar-refractivity contribution < 1.29 is 4.21 Å². The minimum absolute atomic E-state index is 0.149. The Balaban J connectivity index is 1.87. The van der Waals surface area contributed by atoms with Crippen LogP contribution in [0, 0.1) is 5.41 Å². The van der Waals surface area contributed by atoms with Crippen molar-refractivity contribution in [2.24, 2.45) is 5.41 Å². The van der Waals surface area contributed by atoms with Gasteiger partial charge in [-0.2, -0.15) is 0 Å². The number of rotatable bonds is 2. The number of nitrogens with one attached hydrogen (secondary N) is 2. The van der Waals surface area contributed by atoms with Gasteiger partial charge in [-0.25, -0.2) is 8.93 Å². The molecule has 1 heterocycles. The van der Waals surface area contributed by atoms with Crippen molar-refractivity contribution in [3.63, 3.8) is 0 Å². The van der Waals surface area contributed by atoms with Crippen molar-refractivity contribution in [3.05, 3.63) is 0 Å². The summed E-state index contributed by atoms with van der Waals surface area (Å²) in [6.45, 7) is 8.40. The molecular weight excluding hydrogens is 220 g/mol. The Kier molecular flexibility index (Phi) is 3.44. The van der Waals surface area contributed by atoms with Crippen LogP contribution in [0.25, 0.3) is 0 Å². The van der Waals surface area contributed by atoms with Crippen LogP contribution in [0.3, 0.4) is 0 Å². The average molecular weight is 244 g/mol. The van der Waals surface area contributed by atoms with Gasteiger partial charge < -0.3 is 5.32 Å². The van der Waals surface area contributed by atoms with Crippen molar-refractivity contribution in [3.8, 4) is 0 Å². The second-order valence-corrected chi connectivity index (χ2v) is 8.36. The van der Waals surface area contributed by atoms with Gasteiger partial charge in [-0.3, -0.25) is 0 Å². The average Bonchev–Trinajstić information content (AvgIpc) is 2.77. The van der Waals surface area contributed by atoms with Crippen LogP contribution in [0.15, 0.2) is 0 Å². The van der Waals surface area contributed by atoms with Gasteiger partial charge in [0.2, 0.25) is 0 Å². The number of hydrogen-bond donors (Lipinski definition) is 2.